The van der Waals surface area contributed by atoms with Crippen molar-refractivity contribution >= 4 is 6.09 Å². The first-order valence-electron chi connectivity index (χ1n) is 5.15. The van der Waals surface area contributed by atoms with Crippen LogP contribution in [-0.4, -0.2) is 18.2 Å². The van der Waals surface area contributed by atoms with E-state index >= 15 is 0 Å². The first kappa shape index (κ1) is 10.4. The van der Waals surface area contributed by atoms with E-state index < -0.39 is 0 Å². The van der Waals surface area contributed by atoms with Crippen LogP contribution < -0.4 is 5.32 Å². The summed E-state index contributed by atoms with van der Waals surface area (Å²) in [5.41, 5.74) is 0. The Hall–Kier alpha value is -0.730. The summed E-state index contributed by atoms with van der Waals surface area (Å²) in [7, 11) is 0. The van der Waals surface area contributed by atoms with Crippen molar-refractivity contribution in [3.8, 4) is 0 Å². The summed E-state index contributed by atoms with van der Waals surface area (Å²) < 4.78 is 5.25. The summed E-state index contributed by atoms with van der Waals surface area (Å²) in [6.07, 6.45) is 5.64. The van der Waals surface area contributed by atoms with Crippen LogP contribution in [0.25, 0.3) is 0 Å². The van der Waals surface area contributed by atoms with Crippen LogP contribution in [0.5, 0.6) is 0 Å². The fraction of sp³-hybridized carbons (Fsp3) is 0.900. The van der Waals surface area contributed by atoms with Crippen LogP contribution in [0.15, 0.2) is 0 Å². The van der Waals surface area contributed by atoms with Gasteiger partial charge in [-0.3, -0.25) is 0 Å². The topological polar surface area (TPSA) is 38.3 Å². The van der Waals surface area contributed by atoms with Crippen LogP contribution in [0.1, 0.15) is 46.0 Å². The van der Waals surface area contributed by atoms with Crippen LogP contribution in [0, 0.1) is 0 Å². The lowest BCUT2D eigenvalue weighted by Gasteiger charge is -2.22. The van der Waals surface area contributed by atoms with Gasteiger partial charge in [-0.1, -0.05) is 6.42 Å². The summed E-state index contributed by atoms with van der Waals surface area (Å²) in [5, 5.41) is 2.73. The zero-order chi connectivity index (χ0) is 9.68. The van der Waals surface area contributed by atoms with Gasteiger partial charge in [0.15, 0.2) is 0 Å². The Morgan fingerprint density at radius 1 is 1.31 bits per heavy atom. The predicted molar refractivity (Wildman–Crippen MR) is 51.6 cm³/mol. The van der Waals surface area contributed by atoms with Crippen molar-refractivity contribution in [2.45, 2.75) is 58.1 Å². The van der Waals surface area contributed by atoms with Crippen molar-refractivity contribution in [3.63, 3.8) is 0 Å². The first-order valence-corrected chi connectivity index (χ1v) is 5.15. The molecule has 76 valence electrons. The normalized spacial score (nSPS) is 18.7. The van der Waals surface area contributed by atoms with Gasteiger partial charge in [-0.2, -0.15) is 0 Å². The zero-order valence-corrected chi connectivity index (χ0v) is 8.51. The van der Waals surface area contributed by atoms with Crippen LogP contribution in [0.3, 0.4) is 0 Å². The predicted octanol–water partition coefficient (Wildman–Crippen LogP) is 2.45. The van der Waals surface area contributed by atoms with Crippen molar-refractivity contribution in [1.29, 1.82) is 0 Å². The van der Waals surface area contributed by atoms with Gasteiger partial charge in [-0.25, -0.2) is 4.79 Å². The van der Waals surface area contributed by atoms with Gasteiger partial charge < -0.3 is 10.1 Å². The number of alkyl carbamates (subject to hydrolysis) is 1. The third-order valence-electron chi connectivity index (χ3n) is 2.23. The Labute approximate surface area is 79.8 Å². The molecular formula is C10H19NO2. The Morgan fingerprint density at radius 3 is 2.46 bits per heavy atom. The number of hydrogen-bond donors (Lipinski definition) is 1. The molecular weight excluding hydrogens is 166 g/mol. The average molecular weight is 185 g/mol. The molecule has 0 saturated heterocycles. The number of hydrogen-bond acceptors (Lipinski definition) is 2. The molecule has 0 atom stereocenters. The molecule has 3 nitrogen and oxygen atoms in total. The molecule has 1 aliphatic carbocycles. The van der Waals surface area contributed by atoms with Crippen molar-refractivity contribution in [2.75, 3.05) is 0 Å². The Balaban J connectivity index is 2.18. The monoisotopic (exact) mass is 185 g/mol. The smallest absolute Gasteiger partial charge is 0.407 e. The molecule has 0 spiro atoms. The van der Waals surface area contributed by atoms with Crippen molar-refractivity contribution in [3.05, 3.63) is 0 Å². The second kappa shape index (κ2) is 5.10. The minimum atomic E-state index is -0.262. The molecule has 0 aromatic carbocycles. The minimum absolute atomic E-state index is 0.160. The van der Waals surface area contributed by atoms with Crippen LogP contribution in [0.2, 0.25) is 0 Å². The van der Waals surface area contributed by atoms with E-state index in [0.717, 1.165) is 12.8 Å². The summed E-state index contributed by atoms with van der Waals surface area (Å²) in [6, 6.07) is 0.163. The van der Waals surface area contributed by atoms with E-state index in [1.807, 2.05) is 13.8 Å². The maximum atomic E-state index is 11.2. The third-order valence-corrected chi connectivity index (χ3v) is 2.23. The second-order valence-corrected chi connectivity index (χ2v) is 3.96. The maximum absolute atomic E-state index is 11.2. The molecule has 0 unspecified atom stereocenters. The van der Waals surface area contributed by atoms with E-state index in [-0.39, 0.29) is 18.2 Å². The Kier molecular flexibility index (Phi) is 4.06. The summed E-state index contributed by atoms with van der Waals surface area (Å²) >= 11 is 0. The van der Waals surface area contributed by atoms with Crippen molar-refractivity contribution in [1.82, 2.24) is 5.32 Å². The number of nitrogens with one attached hydrogen (secondary N) is 1. The largest absolute Gasteiger partial charge is 0.446 e. The highest BCUT2D eigenvalue weighted by Crippen LogP contribution is 2.20. The Bertz CT molecular complexity index is 162. The van der Waals surface area contributed by atoms with Gasteiger partial charge in [0.25, 0.3) is 0 Å². The van der Waals surface area contributed by atoms with E-state index in [1.54, 1.807) is 0 Å². The summed E-state index contributed by atoms with van der Waals surface area (Å²) in [5.74, 6) is 0. The van der Waals surface area contributed by atoms with Gasteiger partial charge in [0.05, 0.1) is 0 Å². The fourth-order valence-corrected chi connectivity index (χ4v) is 1.60. The molecule has 1 rings (SSSR count). The highest BCUT2D eigenvalue weighted by Gasteiger charge is 2.17. The number of carbonyl (C=O) groups excluding carboxylic acids is 1. The molecule has 0 heterocycles. The van der Waals surface area contributed by atoms with Gasteiger partial charge in [-0.15, -0.1) is 0 Å². The SMILES string of the molecule is CC(C)NC(=O)OC1CCCCC1. The lowest BCUT2D eigenvalue weighted by Crippen LogP contribution is -2.34. The Morgan fingerprint density at radius 2 is 1.92 bits per heavy atom. The maximum Gasteiger partial charge on any atom is 0.407 e. The lowest BCUT2D eigenvalue weighted by atomic mass is 9.98. The van der Waals surface area contributed by atoms with Crippen molar-refractivity contribution in [2.24, 2.45) is 0 Å². The fourth-order valence-electron chi connectivity index (χ4n) is 1.60. The van der Waals surface area contributed by atoms with E-state index in [1.165, 1.54) is 19.3 Å². The highest BCUT2D eigenvalue weighted by molar-refractivity contribution is 5.67. The molecule has 0 radical (unpaired) electrons. The van der Waals surface area contributed by atoms with Gasteiger partial charge in [0.1, 0.15) is 6.10 Å². The molecule has 0 aromatic heterocycles. The molecule has 1 aliphatic rings. The third kappa shape index (κ3) is 4.15. The van der Waals surface area contributed by atoms with Gasteiger partial charge >= 0.3 is 6.09 Å². The second-order valence-electron chi connectivity index (χ2n) is 3.96. The number of rotatable bonds is 2. The number of carbonyl (C=O) groups is 1. The molecule has 3 heteroatoms. The lowest BCUT2D eigenvalue weighted by molar-refractivity contribution is 0.0738. The molecule has 1 saturated carbocycles. The van der Waals surface area contributed by atoms with E-state index in [4.69, 9.17) is 4.74 Å². The highest BCUT2D eigenvalue weighted by atomic mass is 16.6. The number of ether oxygens (including phenoxy) is 1. The van der Waals surface area contributed by atoms with E-state index in [0.29, 0.717) is 0 Å². The number of amides is 1. The zero-order valence-electron chi connectivity index (χ0n) is 8.51. The molecule has 13 heavy (non-hydrogen) atoms. The van der Waals surface area contributed by atoms with Gasteiger partial charge in [0.2, 0.25) is 0 Å². The molecule has 0 bridgehead atoms. The van der Waals surface area contributed by atoms with Gasteiger partial charge in [-0.05, 0) is 39.5 Å². The van der Waals surface area contributed by atoms with Crippen molar-refractivity contribution < 1.29 is 9.53 Å². The van der Waals surface area contributed by atoms with Crippen LogP contribution in [0.4, 0.5) is 4.79 Å². The molecule has 1 N–H and O–H groups in total. The molecule has 1 fully saturated rings. The first-order chi connectivity index (χ1) is 6.18. The quantitative estimate of drug-likeness (QED) is 0.717. The average Bonchev–Trinajstić information content (AvgIpc) is 2.04. The molecule has 0 aromatic rings. The minimum Gasteiger partial charge on any atom is -0.446 e. The van der Waals surface area contributed by atoms with Gasteiger partial charge in [0, 0.05) is 6.04 Å². The molecule has 0 aliphatic heterocycles. The summed E-state index contributed by atoms with van der Waals surface area (Å²) in [6.45, 7) is 3.87. The molecule has 1 amide bonds. The standard InChI is InChI=1S/C10H19NO2/c1-8(2)11-10(12)13-9-6-4-3-5-7-9/h8-9H,3-7H2,1-2H3,(H,11,12). The van der Waals surface area contributed by atoms with E-state index in [9.17, 15) is 4.79 Å². The summed E-state index contributed by atoms with van der Waals surface area (Å²) in [4.78, 5) is 11.2. The van der Waals surface area contributed by atoms with E-state index in [2.05, 4.69) is 5.32 Å². The van der Waals surface area contributed by atoms with Crippen LogP contribution in [-0.2, 0) is 4.74 Å². The van der Waals surface area contributed by atoms with Crippen LogP contribution >= 0.6 is 0 Å².